The van der Waals surface area contributed by atoms with Crippen LogP contribution < -0.4 is 25.4 Å². The number of benzene rings is 2. The SMILES string of the molecule is CCNC(=NCCc1ccc2c(c1)OCO2)NCCNC(=O)c1ccccc1.I. The number of guanidine groups is 1. The van der Waals surface area contributed by atoms with Gasteiger partial charge in [-0.15, -0.1) is 24.0 Å². The predicted octanol–water partition coefficient (Wildman–Crippen LogP) is 2.56. The predicted molar refractivity (Wildman–Crippen MR) is 124 cm³/mol. The van der Waals surface area contributed by atoms with Gasteiger partial charge < -0.3 is 25.4 Å². The largest absolute Gasteiger partial charge is 0.454 e. The maximum atomic E-state index is 12.0. The monoisotopic (exact) mass is 510 g/mol. The Kier molecular flexibility index (Phi) is 9.55. The second-order valence-corrected chi connectivity index (χ2v) is 6.25. The number of hydrogen-bond acceptors (Lipinski definition) is 4. The van der Waals surface area contributed by atoms with E-state index in [4.69, 9.17) is 9.47 Å². The Labute approximate surface area is 188 Å². The number of fused-ring (bicyclic) bond motifs is 1. The molecule has 0 unspecified atom stereocenters. The molecule has 156 valence electrons. The lowest BCUT2D eigenvalue weighted by molar-refractivity contribution is 0.0954. The van der Waals surface area contributed by atoms with Crippen LogP contribution in [0.4, 0.5) is 0 Å². The molecule has 7 nitrogen and oxygen atoms in total. The van der Waals surface area contributed by atoms with Gasteiger partial charge in [-0.1, -0.05) is 24.3 Å². The molecule has 0 atom stereocenters. The van der Waals surface area contributed by atoms with Gasteiger partial charge in [-0.25, -0.2) is 0 Å². The van der Waals surface area contributed by atoms with E-state index in [0.29, 0.717) is 25.2 Å². The zero-order valence-electron chi connectivity index (χ0n) is 16.4. The lowest BCUT2D eigenvalue weighted by Gasteiger charge is -2.12. The van der Waals surface area contributed by atoms with E-state index in [1.807, 2.05) is 43.3 Å². The minimum atomic E-state index is -0.0767. The highest BCUT2D eigenvalue weighted by Gasteiger charge is 2.12. The molecule has 0 saturated carbocycles. The fraction of sp³-hybridized carbons (Fsp3) is 0.333. The van der Waals surface area contributed by atoms with Crippen molar-refractivity contribution in [2.45, 2.75) is 13.3 Å². The summed E-state index contributed by atoms with van der Waals surface area (Å²) in [6.45, 7) is 4.82. The van der Waals surface area contributed by atoms with Crippen LogP contribution in [0.25, 0.3) is 0 Å². The van der Waals surface area contributed by atoms with Gasteiger partial charge in [-0.3, -0.25) is 9.79 Å². The average Bonchev–Trinajstić information content (AvgIpc) is 3.19. The summed E-state index contributed by atoms with van der Waals surface area (Å²) in [5.74, 6) is 2.24. The summed E-state index contributed by atoms with van der Waals surface area (Å²) in [7, 11) is 0. The maximum Gasteiger partial charge on any atom is 0.251 e. The zero-order chi connectivity index (χ0) is 19.6. The smallest absolute Gasteiger partial charge is 0.251 e. The van der Waals surface area contributed by atoms with Gasteiger partial charge in [0.1, 0.15) is 0 Å². The first-order chi connectivity index (χ1) is 13.8. The molecule has 0 spiro atoms. The molecule has 1 aliphatic rings. The van der Waals surface area contributed by atoms with Crippen molar-refractivity contribution in [3.63, 3.8) is 0 Å². The van der Waals surface area contributed by atoms with E-state index in [0.717, 1.165) is 36.0 Å². The quantitative estimate of drug-likeness (QED) is 0.220. The summed E-state index contributed by atoms with van der Waals surface area (Å²) in [5.41, 5.74) is 1.81. The van der Waals surface area contributed by atoms with E-state index >= 15 is 0 Å². The highest BCUT2D eigenvalue weighted by molar-refractivity contribution is 14.0. The van der Waals surface area contributed by atoms with Gasteiger partial charge in [-0.2, -0.15) is 0 Å². The normalized spacial score (nSPS) is 12.1. The number of carbonyl (C=O) groups excluding carboxylic acids is 1. The van der Waals surface area contributed by atoms with Gasteiger partial charge in [0.15, 0.2) is 17.5 Å². The minimum absolute atomic E-state index is 0. The van der Waals surface area contributed by atoms with E-state index in [1.54, 1.807) is 12.1 Å². The van der Waals surface area contributed by atoms with Crippen LogP contribution in [0.3, 0.4) is 0 Å². The topological polar surface area (TPSA) is 84.0 Å². The van der Waals surface area contributed by atoms with Crippen LogP contribution in [0.1, 0.15) is 22.8 Å². The Hall–Kier alpha value is -2.49. The fourth-order valence-corrected chi connectivity index (χ4v) is 2.78. The van der Waals surface area contributed by atoms with E-state index in [9.17, 15) is 4.79 Å². The Morgan fingerprint density at radius 3 is 2.55 bits per heavy atom. The van der Waals surface area contributed by atoms with Crippen molar-refractivity contribution in [1.82, 2.24) is 16.0 Å². The highest BCUT2D eigenvalue weighted by atomic mass is 127. The minimum Gasteiger partial charge on any atom is -0.454 e. The Bertz CT molecular complexity index is 815. The van der Waals surface area contributed by atoms with Crippen molar-refractivity contribution in [2.75, 3.05) is 33.0 Å². The first-order valence-corrected chi connectivity index (χ1v) is 9.50. The molecule has 29 heavy (non-hydrogen) atoms. The number of nitrogens with one attached hydrogen (secondary N) is 3. The summed E-state index contributed by atoms with van der Waals surface area (Å²) < 4.78 is 10.7. The van der Waals surface area contributed by atoms with Crippen molar-refractivity contribution in [1.29, 1.82) is 0 Å². The van der Waals surface area contributed by atoms with E-state index in [1.165, 1.54) is 0 Å². The van der Waals surface area contributed by atoms with Crippen LogP contribution in [-0.2, 0) is 6.42 Å². The molecule has 0 aliphatic carbocycles. The molecular formula is C21H27IN4O3. The number of hydrogen-bond donors (Lipinski definition) is 3. The van der Waals surface area contributed by atoms with Gasteiger partial charge >= 0.3 is 0 Å². The first-order valence-electron chi connectivity index (χ1n) is 9.50. The molecule has 2 aromatic carbocycles. The fourth-order valence-electron chi connectivity index (χ4n) is 2.78. The molecule has 1 heterocycles. The number of halogens is 1. The molecule has 1 aliphatic heterocycles. The van der Waals surface area contributed by atoms with Crippen LogP contribution in [-0.4, -0.2) is 44.8 Å². The summed E-state index contributed by atoms with van der Waals surface area (Å²) >= 11 is 0. The molecule has 3 rings (SSSR count). The van der Waals surface area contributed by atoms with Crippen LogP contribution >= 0.6 is 24.0 Å². The standard InChI is InChI=1S/C21H26N4O3.HI/c1-2-22-21(25-13-12-23-20(26)17-6-4-3-5-7-17)24-11-10-16-8-9-18-19(14-16)28-15-27-18;/h3-9,14H,2,10-13,15H2,1H3,(H,23,26)(H2,22,24,25);1H. The lowest BCUT2D eigenvalue weighted by Crippen LogP contribution is -2.41. The van der Waals surface area contributed by atoms with Gasteiger partial charge in [0.05, 0.1) is 0 Å². The Balaban J connectivity index is 0.00000300. The van der Waals surface area contributed by atoms with E-state index < -0.39 is 0 Å². The summed E-state index contributed by atoms with van der Waals surface area (Å²) in [6.07, 6.45) is 0.804. The Morgan fingerprint density at radius 2 is 1.76 bits per heavy atom. The van der Waals surface area contributed by atoms with Gasteiger partial charge in [0.25, 0.3) is 5.91 Å². The van der Waals surface area contributed by atoms with Gasteiger partial charge in [0, 0.05) is 31.7 Å². The number of ether oxygens (including phenoxy) is 2. The Morgan fingerprint density at radius 1 is 1.00 bits per heavy atom. The second kappa shape index (κ2) is 12.2. The van der Waals surface area contributed by atoms with Crippen LogP contribution in [0.2, 0.25) is 0 Å². The molecule has 3 N–H and O–H groups in total. The molecular weight excluding hydrogens is 483 g/mol. The first kappa shape index (κ1) is 22.8. The molecule has 0 radical (unpaired) electrons. The van der Waals surface area contributed by atoms with Crippen molar-refractivity contribution in [2.24, 2.45) is 4.99 Å². The molecule has 0 saturated heterocycles. The van der Waals surface area contributed by atoms with E-state index in [2.05, 4.69) is 20.9 Å². The number of aliphatic imine (C=N–C) groups is 1. The molecule has 0 fully saturated rings. The summed E-state index contributed by atoms with van der Waals surface area (Å²) in [4.78, 5) is 16.6. The third-order valence-electron chi connectivity index (χ3n) is 4.19. The second-order valence-electron chi connectivity index (χ2n) is 6.25. The summed E-state index contributed by atoms with van der Waals surface area (Å²) in [6, 6.07) is 15.1. The molecule has 0 bridgehead atoms. The van der Waals surface area contributed by atoms with E-state index in [-0.39, 0.29) is 36.7 Å². The summed E-state index contributed by atoms with van der Waals surface area (Å²) in [5, 5.41) is 9.34. The number of nitrogens with zero attached hydrogens (tertiary/aromatic N) is 1. The average molecular weight is 510 g/mol. The molecule has 1 amide bonds. The molecule has 0 aromatic heterocycles. The van der Waals surface area contributed by atoms with Crippen molar-refractivity contribution >= 4 is 35.8 Å². The third-order valence-corrected chi connectivity index (χ3v) is 4.19. The number of amides is 1. The lowest BCUT2D eigenvalue weighted by atomic mass is 10.1. The van der Waals surface area contributed by atoms with Crippen molar-refractivity contribution in [3.8, 4) is 11.5 Å². The van der Waals surface area contributed by atoms with Crippen LogP contribution in [0.5, 0.6) is 11.5 Å². The molecule has 8 heteroatoms. The number of carbonyl (C=O) groups is 1. The van der Waals surface area contributed by atoms with Crippen molar-refractivity contribution in [3.05, 3.63) is 59.7 Å². The van der Waals surface area contributed by atoms with Gasteiger partial charge in [-0.05, 0) is 43.2 Å². The van der Waals surface area contributed by atoms with Gasteiger partial charge in [0.2, 0.25) is 6.79 Å². The van der Waals surface area contributed by atoms with Crippen molar-refractivity contribution < 1.29 is 14.3 Å². The number of rotatable bonds is 8. The maximum absolute atomic E-state index is 12.0. The zero-order valence-corrected chi connectivity index (χ0v) is 18.8. The third kappa shape index (κ3) is 7.12. The highest BCUT2D eigenvalue weighted by Crippen LogP contribution is 2.32. The van der Waals surface area contributed by atoms with Crippen LogP contribution in [0, 0.1) is 0 Å². The molecule has 2 aromatic rings. The van der Waals surface area contributed by atoms with Crippen LogP contribution in [0.15, 0.2) is 53.5 Å².